The number of nitrogens with one attached hydrogen (secondary N) is 1. The van der Waals surface area contributed by atoms with Gasteiger partial charge in [0.15, 0.2) is 5.82 Å². The molecule has 1 aliphatic heterocycles. The number of phenolic OH excluding ortho intramolecular Hbond substituents is 1. The van der Waals surface area contributed by atoms with E-state index in [1.807, 2.05) is 6.07 Å². The van der Waals surface area contributed by atoms with Crippen LogP contribution in [0.1, 0.15) is 39.2 Å². The fraction of sp³-hybridized carbons (Fsp3) is 0.421. The predicted molar refractivity (Wildman–Crippen MR) is 102 cm³/mol. The molecular formula is C19H23FN2O4S. The molecule has 0 unspecified atom stereocenters. The smallest absolute Gasteiger partial charge is 0.326 e. The number of halogens is 1. The molecule has 6 nitrogen and oxygen atoms in total. The van der Waals surface area contributed by atoms with Crippen LogP contribution in [0.5, 0.6) is 5.75 Å². The van der Waals surface area contributed by atoms with Gasteiger partial charge >= 0.3 is 10.2 Å². The van der Waals surface area contributed by atoms with Crippen LogP contribution in [0, 0.1) is 11.2 Å². The van der Waals surface area contributed by atoms with E-state index < -0.39 is 39.9 Å². The number of carbonyl (C=O) groups is 1. The van der Waals surface area contributed by atoms with Crippen LogP contribution in [-0.2, 0) is 21.4 Å². The highest BCUT2D eigenvalue weighted by atomic mass is 32.2. The van der Waals surface area contributed by atoms with E-state index in [0.29, 0.717) is 9.69 Å². The molecule has 1 fully saturated rings. The first-order valence-corrected chi connectivity index (χ1v) is 10.2. The molecular weight excluding hydrogens is 371 g/mol. The van der Waals surface area contributed by atoms with E-state index in [1.165, 1.54) is 6.07 Å². The molecule has 27 heavy (non-hydrogen) atoms. The van der Waals surface area contributed by atoms with Crippen molar-refractivity contribution in [3.63, 3.8) is 0 Å². The highest BCUT2D eigenvalue weighted by Gasteiger charge is 2.37. The van der Waals surface area contributed by atoms with Crippen LogP contribution in [0.2, 0.25) is 0 Å². The lowest BCUT2D eigenvalue weighted by Gasteiger charge is -2.19. The summed E-state index contributed by atoms with van der Waals surface area (Å²) in [6.07, 6.45) is 2.74. The Morgan fingerprint density at radius 3 is 2.56 bits per heavy atom. The number of phenols is 1. The summed E-state index contributed by atoms with van der Waals surface area (Å²) in [5.74, 6) is -2.16. The van der Waals surface area contributed by atoms with E-state index >= 15 is 4.39 Å². The summed E-state index contributed by atoms with van der Waals surface area (Å²) in [6, 6.07) is 6.57. The summed E-state index contributed by atoms with van der Waals surface area (Å²) in [7, 11) is -4.21. The molecule has 1 saturated heterocycles. The van der Waals surface area contributed by atoms with E-state index in [4.69, 9.17) is 0 Å². The maximum Gasteiger partial charge on any atom is 0.326 e. The van der Waals surface area contributed by atoms with Gasteiger partial charge in [-0.05, 0) is 47.8 Å². The van der Waals surface area contributed by atoms with Gasteiger partial charge in [0, 0.05) is 5.39 Å². The molecule has 2 aromatic carbocycles. The highest BCUT2D eigenvalue weighted by Crippen LogP contribution is 2.38. The molecule has 0 atom stereocenters. The van der Waals surface area contributed by atoms with Crippen molar-refractivity contribution in [2.75, 3.05) is 10.8 Å². The maximum absolute atomic E-state index is 15.1. The summed E-state index contributed by atoms with van der Waals surface area (Å²) in [6.45, 7) is 5.92. The van der Waals surface area contributed by atoms with Crippen LogP contribution in [-0.4, -0.2) is 26.0 Å². The van der Waals surface area contributed by atoms with Gasteiger partial charge in [0.1, 0.15) is 18.0 Å². The Morgan fingerprint density at radius 1 is 1.26 bits per heavy atom. The zero-order chi connectivity index (χ0) is 20.0. The van der Waals surface area contributed by atoms with Crippen LogP contribution < -0.4 is 9.03 Å². The Labute approximate surface area is 158 Å². The number of hydrogen-bond donors (Lipinski definition) is 2. The average Bonchev–Trinajstić information content (AvgIpc) is 2.79. The minimum atomic E-state index is -4.21. The fourth-order valence-corrected chi connectivity index (χ4v) is 4.40. The number of anilines is 1. The first-order chi connectivity index (χ1) is 12.5. The second-order valence-electron chi connectivity index (χ2n) is 8.06. The monoisotopic (exact) mass is 394 g/mol. The quantitative estimate of drug-likeness (QED) is 0.834. The number of aryl methyl sites for hydroxylation is 1. The van der Waals surface area contributed by atoms with Crippen molar-refractivity contribution in [2.24, 2.45) is 5.41 Å². The summed E-state index contributed by atoms with van der Waals surface area (Å²) in [4.78, 5) is 11.4. The van der Waals surface area contributed by atoms with Crippen molar-refractivity contribution < 1.29 is 22.7 Å². The van der Waals surface area contributed by atoms with E-state index in [1.54, 1.807) is 16.9 Å². The molecule has 146 valence electrons. The Kier molecular flexibility index (Phi) is 4.80. The van der Waals surface area contributed by atoms with Crippen molar-refractivity contribution in [2.45, 2.75) is 40.0 Å². The summed E-state index contributed by atoms with van der Waals surface area (Å²) >= 11 is 0. The summed E-state index contributed by atoms with van der Waals surface area (Å²) < 4.78 is 41.5. The van der Waals surface area contributed by atoms with E-state index in [2.05, 4.69) is 20.8 Å². The number of amides is 1. The van der Waals surface area contributed by atoms with Crippen molar-refractivity contribution in [3.8, 4) is 5.75 Å². The predicted octanol–water partition coefficient (Wildman–Crippen LogP) is 3.23. The Balaban J connectivity index is 2.00. The Morgan fingerprint density at radius 2 is 1.96 bits per heavy atom. The normalized spacial score (nSPS) is 16.7. The van der Waals surface area contributed by atoms with Crippen molar-refractivity contribution >= 4 is 32.6 Å². The molecule has 0 spiro atoms. The molecule has 2 N–H and O–H groups in total. The van der Waals surface area contributed by atoms with Crippen LogP contribution in [0.4, 0.5) is 10.1 Å². The number of rotatable bonds is 4. The van der Waals surface area contributed by atoms with Crippen LogP contribution in [0.15, 0.2) is 24.3 Å². The molecule has 0 radical (unpaired) electrons. The lowest BCUT2D eigenvalue weighted by atomic mass is 9.89. The summed E-state index contributed by atoms with van der Waals surface area (Å²) in [5.41, 5.74) is 0.638. The third-order valence-electron chi connectivity index (χ3n) is 4.56. The zero-order valence-corrected chi connectivity index (χ0v) is 16.4. The first kappa shape index (κ1) is 19.4. The van der Waals surface area contributed by atoms with Gasteiger partial charge in [-0.1, -0.05) is 32.9 Å². The molecule has 0 aromatic heterocycles. The molecule has 2 aromatic rings. The zero-order valence-electron chi connectivity index (χ0n) is 15.5. The lowest BCUT2D eigenvalue weighted by Crippen LogP contribution is -2.30. The van der Waals surface area contributed by atoms with Gasteiger partial charge in [-0.25, -0.2) is 13.4 Å². The number of benzene rings is 2. The Bertz CT molecular complexity index is 1010. The van der Waals surface area contributed by atoms with Crippen LogP contribution in [0.25, 0.3) is 10.8 Å². The van der Waals surface area contributed by atoms with Gasteiger partial charge in [-0.3, -0.25) is 4.79 Å². The van der Waals surface area contributed by atoms with Gasteiger partial charge < -0.3 is 5.11 Å². The van der Waals surface area contributed by atoms with Crippen molar-refractivity contribution in [1.29, 1.82) is 0 Å². The van der Waals surface area contributed by atoms with Gasteiger partial charge in [0.2, 0.25) is 0 Å². The molecule has 0 aliphatic carbocycles. The van der Waals surface area contributed by atoms with Crippen LogP contribution >= 0.6 is 0 Å². The minimum Gasteiger partial charge on any atom is -0.506 e. The third kappa shape index (κ3) is 4.00. The first-order valence-electron chi connectivity index (χ1n) is 8.75. The molecule has 0 saturated carbocycles. The lowest BCUT2D eigenvalue weighted by molar-refractivity contribution is -0.117. The second kappa shape index (κ2) is 6.67. The number of nitrogens with zero attached hydrogens (tertiary/aromatic N) is 1. The topological polar surface area (TPSA) is 86.7 Å². The fourth-order valence-electron chi connectivity index (χ4n) is 3.24. The molecule has 8 heteroatoms. The number of hydrogen-bond acceptors (Lipinski definition) is 4. The standard InChI is InChI=1S/C19H23FN2O4S/c1-19(2,3)8-4-5-12-6-7-13-10-15(23)18(17(20)14(13)9-12)22-11-16(24)21-27(22,25)26/h6-7,9-10,23H,4-5,8,11H2,1-3H3,(H,21,24). The molecule has 3 rings (SSSR count). The SMILES string of the molecule is CC(C)(C)CCCc1ccc2cc(O)c(N3CC(=O)NS3(=O)=O)c(F)c2c1. The van der Waals surface area contributed by atoms with Gasteiger partial charge in [0.25, 0.3) is 5.91 Å². The van der Waals surface area contributed by atoms with E-state index in [-0.39, 0.29) is 10.8 Å². The van der Waals surface area contributed by atoms with Gasteiger partial charge in [0.05, 0.1) is 0 Å². The number of aromatic hydroxyl groups is 1. The van der Waals surface area contributed by atoms with Crippen molar-refractivity contribution in [3.05, 3.63) is 35.6 Å². The molecule has 1 amide bonds. The van der Waals surface area contributed by atoms with Crippen LogP contribution in [0.3, 0.4) is 0 Å². The molecule has 1 aliphatic rings. The van der Waals surface area contributed by atoms with Gasteiger partial charge in [-0.15, -0.1) is 0 Å². The maximum atomic E-state index is 15.1. The average molecular weight is 394 g/mol. The second-order valence-corrected chi connectivity index (χ2v) is 9.66. The summed E-state index contributed by atoms with van der Waals surface area (Å²) in [5, 5.41) is 10.9. The Hall–Kier alpha value is -2.35. The van der Waals surface area contributed by atoms with Crippen molar-refractivity contribution in [1.82, 2.24) is 4.72 Å². The third-order valence-corrected chi connectivity index (χ3v) is 5.94. The molecule has 1 heterocycles. The minimum absolute atomic E-state index is 0.213. The molecule has 0 bridgehead atoms. The van der Waals surface area contributed by atoms with E-state index in [9.17, 15) is 18.3 Å². The van der Waals surface area contributed by atoms with Gasteiger partial charge in [-0.2, -0.15) is 8.42 Å². The largest absolute Gasteiger partial charge is 0.506 e. The van der Waals surface area contributed by atoms with E-state index in [0.717, 1.165) is 24.8 Å². The highest BCUT2D eigenvalue weighted by molar-refractivity contribution is 7.92. The number of carbonyl (C=O) groups excluding carboxylic acids is 1. The number of fused-ring (bicyclic) bond motifs is 1.